The predicted molar refractivity (Wildman–Crippen MR) is 68.7 cm³/mol. The molecule has 0 atom stereocenters. The van der Waals surface area contributed by atoms with Crippen molar-refractivity contribution in [1.29, 1.82) is 0 Å². The molecule has 0 aliphatic carbocycles. The van der Waals surface area contributed by atoms with E-state index in [1.165, 1.54) is 0 Å². The third kappa shape index (κ3) is 3.01. The van der Waals surface area contributed by atoms with Gasteiger partial charge in [0.15, 0.2) is 0 Å². The van der Waals surface area contributed by atoms with Gasteiger partial charge in [0.2, 0.25) is 5.91 Å². The third-order valence-electron chi connectivity index (χ3n) is 2.49. The summed E-state index contributed by atoms with van der Waals surface area (Å²) >= 11 is 0. The molecular weight excluding hydrogens is 214 g/mol. The Bertz CT molecular complexity index is 525. The molecule has 0 bridgehead atoms. The first-order chi connectivity index (χ1) is 8.29. The van der Waals surface area contributed by atoms with E-state index in [0.29, 0.717) is 19.4 Å². The molecule has 0 saturated carbocycles. The number of nitrogens with one attached hydrogen (secondary N) is 1. The Labute approximate surface area is 99.8 Å². The summed E-state index contributed by atoms with van der Waals surface area (Å²) in [5.74, 6) is -0.00121. The van der Waals surface area contributed by atoms with E-state index >= 15 is 0 Å². The monoisotopic (exact) mass is 229 g/mol. The number of carbonyl (C=O) groups excluding carboxylic acids is 1. The summed E-state index contributed by atoms with van der Waals surface area (Å²) in [7, 11) is 0. The van der Waals surface area contributed by atoms with Crippen LogP contribution in [0.5, 0.6) is 0 Å². The fourth-order valence-corrected chi connectivity index (χ4v) is 1.64. The van der Waals surface area contributed by atoms with Crippen molar-refractivity contribution in [3.05, 3.63) is 36.5 Å². The minimum absolute atomic E-state index is 0.00121. The van der Waals surface area contributed by atoms with E-state index in [9.17, 15) is 4.79 Å². The zero-order valence-electron chi connectivity index (χ0n) is 9.52. The molecule has 2 rings (SSSR count). The van der Waals surface area contributed by atoms with Crippen LogP contribution in [0.1, 0.15) is 12.8 Å². The maximum atomic E-state index is 11.5. The number of nitrogens with zero attached hydrogens (tertiary/aromatic N) is 1. The minimum Gasteiger partial charge on any atom is -0.330 e. The maximum Gasteiger partial charge on any atom is 0.224 e. The molecule has 0 spiro atoms. The van der Waals surface area contributed by atoms with Crippen molar-refractivity contribution in [3.63, 3.8) is 0 Å². The molecule has 1 heterocycles. The molecule has 1 aromatic carbocycles. The van der Waals surface area contributed by atoms with Gasteiger partial charge < -0.3 is 11.1 Å². The summed E-state index contributed by atoms with van der Waals surface area (Å²) in [4.78, 5) is 15.7. The van der Waals surface area contributed by atoms with E-state index < -0.39 is 0 Å². The summed E-state index contributed by atoms with van der Waals surface area (Å²) in [6, 6.07) is 9.52. The molecule has 3 N–H and O–H groups in total. The topological polar surface area (TPSA) is 68.0 Å². The molecule has 0 unspecified atom stereocenters. The second-order valence-corrected chi connectivity index (χ2v) is 3.85. The molecule has 4 nitrogen and oxygen atoms in total. The van der Waals surface area contributed by atoms with E-state index in [1.807, 2.05) is 30.3 Å². The van der Waals surface area contributed by atoms with Gasteiger partial charge in [-0.25, -0.2) is 0 Å². The highest BCUT2D eigenvalue weighted by atomic mass is 16.1. The second-order valence-electron chi connectivity index (χ2n) is 3.85. The lowest BCUT2D eigenvalue weighted by molar-refractivity contribution is -0.116. The van der Waals surface area contributed by atoms with Gasteiger partial charge in [-0.1, -0.05) is 6.07 Å². The van der Waals surface area contributed by atoms with Gasteiger partial charge in [-0.3, -0.25) is 9.78 Å². The second kappa shape index (κ2) is 5.41. The van der Waals surface area contributed by atoms with Crippen LogP contribution in [0.3, 0.4) is 0 Å². The molecule has 0 saturated heterocycles. The van der Waals surface area contributed by atoms with Crippen LogP contribution >= 0.6 is 0 Å². The number of amides is 1. The van der Waals surface area contributed by atoms with E-state index in [2.05, 4.69) is 10.3 Å². The Morgan fingerprint density at radius 3 is 3.06 bits per heavy atom. The number of carbonyl (C=O) groups is 1. The van der Waals surface area contributed by atoms with Crippen LogP contribution in [-0.2, 0) is 4.79 Å². The van der Waals surface area contributed by atoms with Gasteiger partial charge in [0.05, 0.1) is 5.52 Å². The third-order valence-corrected chi connectivity index (χ3v) is 2.49. The van der Waals surface area contributed by atoms with Gasteiger partial charge in [0.1, 0.15) is 0 Å². The summed E-state index contributed by atoms with van der Waals surface area (Å²) in [5, 5.41) is 3.86. The number of hydrogen-bond acceptors (Lipinski definition) is 3. The largest absolute Gasteiger partial charge is 0.330 e. The molecule has 17 heavy (non-hydrogen) atoms. The molecular formula is C13H15N3O. The van der Waals surface area contributed by atoms with Crippen molar-refractivity contribution in [1.82, 2.24) is 4.98 Å². The number of benzene rings is 1. The molecule has 0 radical (unpaired) electrons. The van der Waals surface area contributed by atoms with Crippen molar-refractivity contribution in [2.24, 2.45) is 5.73 Å². The molecule has 1 aromatic heterocycles. The highest BCUT2D eigenvalue weighted by Crippen LogP contribution is 2.17. The van der Waals surface area contributed by atoms with Crippen molar-refractivity contribution in [2.75, 3.05) is 11.9 Å². The van der Waals surface area contributed by atoms with Gasteiger partial charge in [-0.2, -0.15) is 0 Å². The highest BCUT2D eigenvalue weighted by Gasteiger charge is 2.02. The van der Waals surface area contributed by atoms with Crippen LogP contribution in [0.25, 0.3) is 10.9 Å². The first-order valence-electron chi connectivity index (χ1n) is 5.64. The molecule has 0 aliphatic heterocycles. The molecule has 0 fully saturated rings. The lowest BCUT2D eigenvalue weighted by Gasteiger charge is -2.05. The molecule has 2 aromatic rings. The lowest BCUT2D eigenvalue weighted by Crippen LogP contribution is -2.13. The number of hydrogen-bond donors (Lipinski definition) is 2. The summed E-state index contributed by atoms with van der Waals surface area (Å²) < 4.78 is 0. The highest BCUT2D eigenvalue weighted by molar-refractivity contribution is 5.93. The number of fused-ring (bicyclic) bond motifs is 1. The molecule has 4 heteroatoms. The average molecular weight is 229 g/mol. The fraction of sp³-hybridized carbons (Fsp3) is 0.231. The minimum atomic E-state index is -0.00121. The van der Waals surface area contributed by atoms with E-state index in [4.69, 9.17) is 5.73 Å². The Kier molecular flexibility index (Phi) is 3.67. The number of aromatic nitrogens is 1. The standard InChI is InChI=1S/C13H15N3O/c14-7-1-4-13(17)16-11-5-6-12-10(9-11)3-2-8-15-12/h2-3,5-6,8-9H,1,4,7,14H2,(H,16,17). The summed E-state index contributed by atoms with van der Waals surface area (Å²) in [5.41, 5.74) is 7.08. The maximum absolute atomic E-state index is 11.5. The van der Waals surface area contributed by atoms with Crippen molar-refractivity contribution in [3.8, 4) is 0 Å². The first-order valence-corrected chi connectivity index (χ1v) is 5.64. The number of rotatable bonds is 4. The lowest BCUT2D eigenvalue weighted by atomic mass is 10.2. The van der Waals surface area contributed by atoms with E-state index in [0.717, 1.165) is 16.6 Å². The van der Waals surface area contributed by atoms with Gasteiger partial charge >= 0.3 is 0 Å². The predicted octanol–water partition coefficient (Wildman–Crippen LogP) is 1.91. The van der Waals surface area contributed by atoms with Gasteiger partial charge in [-0.15, -0.1) is 0 Å². The Morgan fingerprint density at radius 2 is 2.24 bits per heavy atom. The van der Waals surface area contributed by atoms with Crippen molar-refractivity contribution in [2.45, 2.75) is 12.8 Å². The Balaban J connectivity index is 2.11. The van der Waals surface area contributed by atoms with E-state index in [1.54, 1.807) is 6.20 Å². The van der Waals surface area contributed by atoms with Crippen LogP contribution in [0, 0.1) is 0 Å². The van der Waals surface area contributed by atoms with Crippen molar-refractivity contribution < 1.29 is 4.79 Å². The average Bonchev–Trinajstić information content (AvgIpc) is 2.36. The SMILES string of the molecule is NCCCC(=O)Nc1ccc2ncccc2c1. The van der Waals surface area contributed by atoms with E-state index in [-0.39, 0.29) is 5.91 Å². The molecule has 88 valence electrons. The molecule has 0 aliphatic rings. The Morgan fingerprint density at radius 1 is 1.35 bits per heavy atom. The van der Waals surface area contributed by atoms with Crippen molar-refractivity contribution >= 4 is 22.5 Å². The Hall–Kier alpha value is -1.94. The summed E-state index contributed by atoms with van der Waals surface area (Å²) in [6.45, 7) is 0.537. The number of nitrogens with two attached hydrogens (primary N) is 1. The molecule has 1 amide bonds. The van der Waals surface area contributed by atoms with Crippen LogP contribution < -0.4 is 11.1 Å². The van der Waals surface area contributed by atoms with Gasteiger partial charge in [0, 0.05) is 23.7 Å². The van der Waals surface area contributed by atoms with Crippen LogP contribution in [0.4, 0.5) is 5.69 Å². The van der Waals surface area contributed by atoms with Gasteiger partial charge in [0.25, 0.3) is 0 Å². The normalized spacial score (nSPS) is 10.4. The van der Waals surface area contributed by atoms with Crippen LogP contribution in [0.15, 0.2) is 36.5 Å². The number of anilines is 1. The number of pyridine rings is 1. The van der Waals surface area contributed by atoms with Crippen LogP contribution in [0.2, 0.25) is 0 Å². The zero-order valence-corrected chi connectivity index (χ0v) is 9.52. The van der Waals surface area contributed by atoms with Gasteiger partial charge in [-0.05, 0) is 37.2 Å². The van der Waals surface area contributed by atoms with Crippen LogP contribution in [-0.4, -0.2) is 17.4 Å². The smallest absolute Gasteiger partial charge is 0.224 e. The first kappa shape index (κ1) is 11.5. The summed E-state index contributed by atoms with van der Waals surface area (Å²) in [6.07, 6.45) is 2.92. The fourth-order valence-electron chi connectivity index (χ4n) is 1.64. The zero-order chi connectivity index (χ0) is 12.1. The quantitative estimate of drug-likeness (QED) is 0.841.